The predicted molar refractivity (Wildman–Crippen MR) is 47.4 cm³/mol. The Labute approximate surface area is 69.2 Å². The van der Waals surface area contributed by atoms with Crippen LogP contribution in [-0.4, -0.2) is 49.1 Å². The molecule has 0 amide bonds. The van der Waals surface area contributed by atoms with Crippen molar-refractivity contribution in [2.75, 3.05) is 39.3 Å². The molecule has 0 radical (unpaired) electrons. The molecule has 2 nitrogen and oxygen atoms in total. The largest absolute Gasteiger partial charge is 0.301 e. The first kappa shape index (κ1) is 8.58. The molecule has 1 saturated heterocycles. The lowest BCUT2D eigenvalue weighted by Gasteiger charge is -2.32. The Bertz CT molecular complexity index is 140. The normalized spacial score (nSPS) is 21.5. The molecule has 0 atom stereocenters. The van der Waals surface area contributed by atoms with E-state index in [0.717, 1.165) is 19.6 Å². The molecule has 1 aliphatic heterocycles. The molecule has 1 heterocycles. The molecule has 0 bridgehead atoms. The van der Waals surface area contributed by atoms with Crippen LogP contribution in [0.1, 0.15) is 6.92 Å². The molecule has 0 aromatic carbocycles. The number of nitrogens with zero attached hydrogens (tertiary/aromatic N) is 2. The molecule has 0 aliphatic carbocycles. The van der Waals surface area contributed by atoms with Gasteiger partial charge in [0, 0.05) is 26.2 Å². The first-order valence-corrected chi connectivity index (χ1v) is 4.25. The second-order valence-corrected chi connectivity index (χ2v) is 2.91. The predicted octanol–water partition coefficient (Wildman–Crippen LogP) is 0.257. The van der Waals surface area contributed by atoms with E-state index >= 15 is 0 Å². The van der Waals surface area contributed by atoms with Crippen molar-refractivity contribution < 1.29 is 0 Å². The zero-order valence-corrected chi connectivity index (χ0v) is 7.21. The Kier molecular flexibility index (Phi) is 3.41. The highest BCUT2D eigenvalue weighted by molar-refractivity contribution is 4.89. The molecular formula is C9H16N2. The van der Waals surface area contributed by atoms with Gasteiger partial charge in [-0.3, -0.25) is 4.90 Å². The van der Waals surface area contributed by atoms with Crippen molar-refractivity contribution in [1.29, 1.82) is 0 Å². The summed E-state index contributed by atoms with van der Waals surface area (Å²) in [6.07, 6.45) is 5.22. The minimum Gasteiger partial charge on any atom is -0.301 e. The van der Waals surface area contributed by atoms with Gasteiger partial charge >= 0.3 is 0 Å². The van der Waals surface area contributed by atoms with E-state index in [1.807, 2.05) is 0 Å². The molecule has 0 aromatic rings. The van der Waals surface area contributed by atoms with Crippen LogP contribution in [0.5, 0.6) is 0 Å². The van der Waals surface area contributed by atoms with Crippen LogP contribution < -0.4 is 0 Å². The summed E-state index contributed by atoms with van der Waals surface area (Å²) < 4.78 is 0. The molecule has 2 heteroatoms. The van der Waals surface area contributed by atoms with E-state index < -0.39 is 0 Å². The Morgan fingerprint density at radius 1 is 1.18 bits per heavy atom. The SMILES string of the molecule is C#CCN1CCN(CC)CC1. The summed E-state index contributed by atoms with van der Waals surface area (Å²) in [4.78, 5) is 4.78. The molecule has 11 heavy (non-hydrogen) atoms. The molecule has 0 saturated carbocycles. The maximum atomic E-state index is 5.22. The Morgan fingerprint density at radius 2 is 1.73 bits per heavy atom. The number of terminal acetylenes is 1. The minimum absolute atomic E-state index is 0.817. The summed E-state index contributed by atoms with van der Waals surface area (Å²) in [5.74, 6) is 2.68. The van der Waals surface area contributed by atoms with E-state index in [1.165, 1.54) is 19.6 Å². The lowest BCUT2D eigenvalue weighted by atomic mass is 10.3. The lowest BCUT2D eigenvalue weighted by Crippen LogP contribution is -2.46. The highest BCUT2D eigenvalue weighted by Crippen LogP contribution is 1.99. The molecule has 0 unspecified atom stereocenters. The van der Waals surface area contributed by atoms with Crippen LogP contribution in [0, 0.1) is 12.3 Å². The number of hydrogen-bond donors (Lipinski definition) is 0. The smallest absolute Gasteiger partial charge is 0.0599 e. The van der Waals surface area contributed by atoms with Gasteiger partial charge in [-0.15, -0.1) is 6.42 Å². The van der Waals surface area contributed by atoms with Crippen molar-refractivity contribution in [3.05, 3.63) is 0 Å². The highest BCUT2D eigenvalue weighted by Gasteiger charge is 2.13. The number of piperazine rings is 1. The highest BCUT2D eigenvalue weighted by atomic mass is 15.2. The van der Waals surface area contributed by atoms with Gasteiger partial charge in [0.1, 0.15) is 0 Å². The fourth-order valence-electron chi connectivity index (χ4n) is 1.39. The van der Waals surface area contributed by atoms with Crippen LogP contribution in [0.15, 0.2) is 0 Å². The van der Waals surface area contributed by atoms with Crippen LogP contribution in [0.3, 0.4) is 0 Å². The third-order valence-electron chi connectivity index (χ3n) is 2.23. The van der Waals surface area contributed by atoms with Gasteiger partial charge < -0.3 is 4.90 Å². The Morgan fingerprint density at radius 3 is 2.18 bits per heavy atom. The molecule has 1 rings (SSSR count). The third kappa shape index (κ3) is 2.53. The van der Waals surface area contributed by atoms with E-state index in [2.05, 4.69) is 22.6 Å². The van der Waals surface area contributed by atoms with E-state index in [1.54, 1.807) is 0 Å². The van der Waals surface area contributed by atoms with Gasteiger partial charge in [0.25, 0.3) is 0 Å². The average molecular weight is 152 g/mol. The minimum atomic E-state index is 0.817. The Hall–Kier alpha value is -0.520. The summed E-state index contributed by atoms with van der Waals surface area (Å²) in [6, 6.07) is 0. The van der Waals surface area contributed by atoms with Gasteiger partial charge in [-0.25, -0.2) is 0 Å². The van der Waals surface area contributed by atoms with Crippen LogP contribution >= 0.6 is 0 Å². The first-order valence-electron chi connectivity index (χ1n) is 4.25. The first-order chi connectivity index (χ1) is 5.36. The number of hydrogen-bond acceptors (Lipinski definition) is 2. The van der Waals surface area contributed by atoms with Crippen molar-refractivity contribution in [2.45, 2.75) is 6.92 Å². The van der Waals surface area contributed by atoms with E-state index in [0.29, 0.717) is 0 Å². The van der Waals surface area contributed by atoms with Crippen molar-refractivity contribution in [3.63, 3.8) is 0 Å². The van der Waals surface area contributed by atoms with Gasteiger partial charge in [-0.2, -0.15) is 0 Å². The molecular weight excluding hydrogens is 136 g/mol. The summed E-state index contributed by atoms with van der Waals surface area (Å²) >= 11 is 0. The Balaban J connectivity index is 2.20. The zero-order valence-electron chi connectivity index (χ0n) is 7.21. The van der Waals surface area contributed by atoms with Gasteiger partial charge in [0.2, 0.25) is 0 Å². The van der Waals surface area contributed by atoms with E-state index in [-0.39, 0.29) is 0 Å². The molecule has 1 aliphatic rings. The summed E-state index contributed by atoms with van der Waals surface area (Å²) in [6.45, 7) is 8.82. The van der Waals surface area contributed by atoms with Crippen LogP contribution in [-0.2, 0) is 0 Å². The third-order valence-corrected chi connectivity index (χ3v) is 2.23. The standard InChI is InChI=1S/C9H16N2/c1-3-5-11-8-6-10(4-2)7-9-11/h1H,4-9H2,2H3. The summed E-state index contributed by atoms with van der Waals surface area (Å²) in [5, 5.41) is 0. The number of likely N-dealkylation sites (N-methyl/N-ethyl adjacent to an activating group) is 1. The quantitative estimate of drug-likeness (QED) is 0.524. The lowest BCUT2D eigenvalue weighted by molar-refractivity contribution is 0.150. The van der Waals surface area contributed by atoms with Crippen molar-refractivity contribution in [3.8, 4) is 12.3 Å². The van der Waals surface area contributed by atoms with Crippen molar-refractivity contribution in [1.82, 2.24) is 9.80 Å². The van der Waals surface area contributed by atoms with Gasteiger partial charge in [-0.05, 0) is 6.54 Å². The molecule has 0 N–H and O–H groups in total. The van der Waals surface area contributed by atoms with E-state index in [4.69, 9.17) is 6.42 Å². The van der Waals surface area contributed by atoms with Crippen LogP contribution in [0.25, 0.3) is 0 Å². The fourth-order valence-corrected chi connectivity index (χ4v) is 1.39. The van der Waals surface area contributed by atoms with Gasteiger partial charge in [0.15, 0.2) is 0 Å². The van der Waals surface area contributed by atoms with Crippen LogP contribution in [0.2, 0.25) is 0 Å². The molecule has 1 fully saturated rings. The zero-order chi connectivity index (χ0) is 8.10. The maximum Gasteiger partial charge on any atom is 0.0599 e. The average Bonchev–Trinajstić information content (AvgIpc) is 2.07. The van der Waals surface area contributed by atoms with Crippen molar-refractivity contribution in [2.24, 2.45) is 0 Å². The van der Waals surface area contributed by atoms with E-state index in [9.17, 15) is 0 Å². The molecule has 0 spiro atoms. The molecule has 62 valence electrons. The fraction of sp³-hybridized carbons (Fsp3) is 0.778. The van der Waals surface area contributed by atoms with Crippen LogP contribution in [0.4, 0.5) is 0 Å². The van der Waals surface area contributed by atoms with Gasteiger partial charge in [-0.1, -0.05) is 12.8 Å². The second kappa shape index (κ2) is 4.38. The van der Waals surface area contributed by atoms with Gasteiger partial charge in [0.05, 0.1) is 6.54 Å². The topological polar surface area (TPSA) is 6.48 Å². The summed E-state index contributed by atoms with van der Waals surface area (Å²) in [5.41, 5.74) is 0. The second-order valence-electron chi connectivity index (χ2n) is 2.91. The summed E-state index contributed by atoms with van der Waals surface area (Å²) in [7, 11) is 0. The maximum absolute atomic E-state index is 5.22. The molecule has 0 aromatic heterocycles. The van der Waals surface area contributed by atoms with Crippen molar-refractivity contribution >= 4 is 0 Å². The number of rotatable bonds is 2. The monoisotopic (exact) mass is 152 g/mol.